The van der Waals surface area contributed by atoms with Crippen molar-refractivity contribution in [1.82, 2.24) is 5.32 Å². The number of aliphatic imine (C=N–C) groups is 1. The van der Waals surface area contributed by atoms with Crippen LogP contribution >= 0.6 is 0 Å². The molecule has 8 aromatic rings. The second kappa shape index (κ2) is 13.1. The van der Waals surface area contributed by atoms with E-state index in [0.29, 0.717) is 0 Å². The summed E-state index contributed by atoms with van der Waals surface area (Å²) in [6.45, 7) is 2.25. The number of para-hydroxylation sites is 1. The molecular weight excluding hydrogens is 777 g/mol. The van der Waals surface area contributed by atoms with E-state index in [1.54, 1.807) is 0 Å². The topological polar surface area (TPSA) is 33.6 Å². The molecule has 14 rings (SSSR count). The Morgan fingerprint density at radius 3 is 1.50 bits per heavy atom. The molecule has 3 heteroatoms. The number of hydrogen-bond acceptors (Lipinski definition) is 3. The number of rotatable bonds is 3. The average Bonchev–Trinajstić information content (AvgIpc) is 3.95. The molecule has 1 unspecified atom stereocenters. The van der Waals surface area contributed by atoms with Crippen LogP contribution in [0.4, 0.5) is 0 Å². The Balaban J connectivity index is 0.990. The van der Waals surface area contributed by atoms with Crippen LogP contribution in [0.5, 0.6) is 11.5 Å². The third kappa shape index (κ3) is 4.53. The van der Waals surface area contributed by atoms with E-state index in [0.717, 1.165) is 63.6 Å². The molecule has 0 saturated carbocycles. The molecule has 6 aliphatic rings. The van der Waals surface area contributed by atoms with Crippen molar-refractivity contribution in [3.05, 3.63) is 267 Å². The summed E-state index contributed by atoms with van der Waals surface area (Å²) < 4.78 is 6.85. The number of benzene rings is 8. The van der Waals surface area contributed by atoms with Gasteiger partial charge in [-0.05, 0) is 134 Å². The monoisotopic (exact) mass is 818 g/mol. The van der Waals surface area contributed by atoms with Gasteiger partial charge in [-0.3, -0.25) is 4.99 Å². The lowest BCUT2D eigenvalue weighted by Gasteiger charge is -2.39. The smallest absolute Gasteiger partial charge is 0.145 e. The predicted octanol–water partition coefficient (Wildman–Crippen LogP) is 13.9. The van der Waals surface area contributed by atoms with Crippen molar-refractivity contribution in [3.63, 3.8) is 0 Å². The predicted molar refractivity (Wildman–Crippen MR) is 259 cm³/mol. The molecule has 1 atom stereocenters. The summed E-state index contributed by atoms with van der Waals surface area (Å²) in [5, 5.41) is 4.02. The molecule has 0 aromatic heterocycles. The zero-order valence-electron chi connectivity index (χ0n) is 35.4. The summed E-state index contributed by atoms with van der Waals surface area (Å²) in [6, 6.07) is 67.6. The summed E-state index contributed by atoms with van der Waals surface area (Å²) in [5.41, 5.74) is 23.6. The third-order valence-electron chi connectivity index (χ3n) is 15.0. The summed E-state index contributed by atoms with van der Waals surface area (Å²) in [4.78, 5) is 5.65. The lowest BCUT2D eigenvalue weighted by atomic mass is 9.65. The number of fused-ring (bicyclic) bond motifs is 19. The Morgan fingerprint density at radius 1 is 0.469 bits per heavy atom. The van der Waals surface area contributed by atoms with Crippen LogP contribution in [-0.2, 0) is 10.8 Å². The van der Waals surface area contributed by atoms with Gasteiger partial charge >= 0.3 is 0 Å². The molecule has 3 nitrogen and oxygen atoms in total. The van der Waals surface area contributed by atoms with Crippen LogP contribution in [0.3, 0.4) is 0 Å². The first-order valence-electron chi connectivity index (χ1n) is 22.6. The fourth-order valence-corrected chi connectivity index (χ4v) is 12.5. The fourth-order valence-electron chi connectivity index (χ4n) is 12.5. The first-order chi connectivity index (χ1) is 31.7. The van der Waals surface area contributed by atoms with Gasteiger partial charge in [0.25, 0.3) is 0 Å². The van der Waals surface area contributed by atoms with E-state index in [-0.39, 0.29) is 6.17 Å². The molecule has 2 spiro atoms. The Bertz CT molecular complexity index is 3380. The van der Waals surface area contributed by atoms with Crippen molar-refractivity contribution in [2.75, 3.05) is 0 Å². The Morgan fingerprint density at radius 2 is 0.938 bits per heavy atom. The fraction of sp³-hybridized carbons (Fsp3) is 0.0984. The zero-order valence-corrected chi connectivity index (χ0v) is 35.4. The highest BCUT2D eigenvalue weighted by atomic mass is 16.5. The van der Waals surface area contributed by atoms with Crippen molar-refractivity contribution in [1.29, 1.82) is 0 Å². The van der Waals surface area contributed by atoms with Gasteiger partial charge in [-0.25, -0.2) is 0 Å². The molecule has 4 aliphatic carbocycles. The second-order valence-corrected chi connectivity index (χ2v) is 18.0. The van der Waals surface area contributed by atoms with E-state index >= 15 is 0 Å². The highest BCUT2D eigenvalue weighted by Gasteiger charge is 2.53. The zero-order chi connectivity index (χ0) is 42.1. The van der Waals surface area contributed by atoms with Crippen molar-refractivity contribution >= 4 is 11.4 Å². The number of ether oxygens (including phenoxy) is 1. The minimum Gasteiger partial charge on any atom is -0.457 e. The molecule has 2 aliphatic heterocycles. The summed E-state index contributed by atoms with van der Waals surface area (Å²) in [6.07, 6.45) is 8.70. The maximum Gasteiger partial charge on any atom is 0.145 e. The number of nitrogens with one attached hydrogen (secondary N) is 1. The summed E-state index contributed by atoms with van der Waals surface area (Å²) in [7, 11) is 0. The lowest BCUT2D eigenvalue weighted by molar-refractivity contribution is 0.436. The van der Waals surface area contributed by atoms with Gasteiger partial charge in [-0.2, -0.15) is 0 Å². The van der Waals surface area contributed by atoms with Crippen molar-refractivity contribution in [3.8, 4) is 44.9 Å². The number of allylic oxidation sites excluding steroid dienone is 3. The summed E-state index contributed by atoms with van der Waals surface area (Å²) >= 11 is 0. The molecule has 0 bridgehead atoms. The Labute approximate surface area is 373 Å². The van der Waals surface area contributed by atoms with Crippen molar-refractivity contribution < 1.29 is 4.74 Å². The van der Waals surface area contributed by atoms with Crippen LogP contribution in [0.1, 0.15) is 75.4 Å². The molecule has 0 fully saturated rings. The third-order valence-corrected chi connectivity index (χ3v) is 15.0. The molecule has 302 valence electrons. The minimum atomic E-state index is -0.563. The summed E-state index contributed by atoms with van der Waals surface area (Å²) in [5.74, 6) is 1.77. The normalized spacial score (nSPS) is 18.0. The average molecular weight is 819 g/mol. The molecule has 8 aromatic carbocycles. The number of nitrogens with zero attached hydrogens (tertiary/aromatic N) is 1. The van der Waals surface area contributed by atoms with E-state index in [2.05, 4.69) is 212 Å². The molecule has 1 N–H and O–H groups in total. The Hall–Kier alpha value is -7.75. The first kappa shape index (κ1) is 35.8. The SMILES string of the molecule is CC1=C(c2ccc3c(c2)C2(c4ccccc4-c4ccccc42)c2ccccc2-3)NC(C2=CCCC=C2)N=C1c1ccc2c(c1)C1(c3ccccc3O2)c2ccccc2-c2ccccc21. The van der Waals surface area contributed by atoms with Gasteiger partial charge < -0.3 is 10.1 Å². The van der Waals surface area contributed by atoms with Crippen LogP contribution in [0.25, 0.3) is 39.1 Å². The Kier molecular flexibility index (Phi) is 7.35. The van der Waals surface area contributed by atoms with Gasteiger partial charge in [0.05, 0.1) is 16.5 Å². The van der Waals surface area contributed by atoms with Crippen LogP contribution in [0.2, 0.25) is 0 Å². The molecule has 0 radical (unpaired) electrons. The van der Waals surface area contributed by atoms with Crippen LogP contribution in [0.15, 0.2) is 216 Å². The van der Waals surface area contributed by atoms with Gasteiger partial charge in [-0.1, -0.05) is 170 Å². The highest BCUT2D eigenvalue weighted by molar-refractivity contribution is 6.17. The van der Waals surface area contributed by atoms with Gasteiger partial charge in [0.2, 0.25) is 0 Å². The number of hydrogen-bond donors (Lipinski definition) is 1. The van der Waals surface area contributed by atoms with Gasteiger partial charge in [0.1, 0.15) is 17.7 Å². The van der Waals surface area contributed by atoms with Crippen LogP contribution in [0, 0.1) is 0 Å². The van der Waals surface area contributed by atoms with Crippen molar-refractivity contribution in [2.45, 2.75) is 36.8 Å². The largest absolute Gasteiger partial charge is 0.457 e. The van der Waals surface area contributed by atoms with E-state index in [4.69, 9.17) is 9.73 Å². The van der Waals surface area contributed by atoms with E-state index in [9.17, 15) is 0 Å². The van der Waals surface area contributed by atoms with E-state index in [1.165, 1.54) is 72.3 Å². The second-order valence-electron chi connectivity index (χ2n) is 18.0. The molecule has 0 saturated heterocycles. The molecule has 2 heterocycles. The van der Waals surface area contributed by atoms with Crippen LogP contribution < -0.4 is 10.1 Å². The lowest BCUT2D eigenvalue weighted by Crippen LogP contribution is -2.35. The van der Waals surface area contributed by atoms with Crippen LogP contribution in [-0.4, -0.2) is 11.9 Å². The van der Waals surface area contributed by atoms with Gasteiger partial charge in [-0.15, -0.1) is 0 Å². The highest BCUT2D eigenvalue weighted by Crippen LogP contribution is 2.64. The van der Waals surface area contributed by atoms with E-state index < -0.39 is 10.8 Å². The maximum absolute atomic E-state index is 6.85. The van der Waals surface area contributed by atoms with Gasteiger partial charge in [0.15, 0.2) is 0 Å². The molecular formula is C61H42N2O. The van der Waals surface area contributed by atoms with E-state index in [1.807, 2.05) is 0 Å². The molecule has 0 amide bonds. The molecule has 64 heavy (non-hydrogen) atoms. The maximum atomic E-state index is 6.85. The quantitative estimate of drug-likeness (QED) is 0.193. The first-order valence-corrected chi connectivity index (χ1v) is 22.6. The van der Waals surface area contributed by atoms with Gasteiger partial charge in [0, 0.05) is 22.4 Å². The minimum absolute atomic E-state index is 0.257. The standard InChI is InChI=1S/C61H42N2O/c1-37-57(39-31-33-46-45-23-9-12-26-49(45)60(53(46)35-39)47-24-10-5-19-41(47)42-20-6-11-25-48(42)60)62-59(38-17-3-2-4-18-38)63-58(37)40-32-34-56-54(36-40)61(52-29-15-16-30-55(52)64-56)50-27-13-7-21-43(50)44-22-8-14-28-51(44)61/h3,5-36,59,62H,2,4H2,1H3. The van der Waals surface area contributed by atoms with Crippen molar-refractivity contribution in [2.24, 2.45) is 4.99 Å².